The zero-order valence-corrected chi connectivity index (χ0v) is 12.6. The van der Waals surface area contributed by atoms with E-state index in [9.17, 15) is 4.79 Å². The maximum atomic E-state index is 11.6. The van der Waals surface area contributed by atoms with Crippen molar-refractivity contribution in [3.8, 4) is 0 Å². The zero-order chi connectivity index (χ0) is 14.7. The third-order valence-corrected chi connectivity index (χ3v) is 4.60. The number of ether oxygens (including phenoxy) is 1. The molecular weight excluding hydrogens is 268 g/mol. The van der Waals surface area contributed by atoms with Crippen molar-refractivity contribution >= 4 is 5.91 Å². The Kier molecular flexibility index (Phi) is 4.55. The van der Waals surface area contributed by atoms with Crippen LogP contribution in [-0.2, 0) is 16.1 Å². The minimum absolute atomic E-state index is 0.0582. The first-order valence-corrected chi connectivity index (χ1v) is 7.78. The highest BCUT2D eigenvalue weighted by molar-refractivity contribution is 5.77. The average Bonchev–Trinajstić information content (AvgIpc) is 3.15. The SMILES string of the molecule is COCC(=O)NC[C@H]1CN(C2CCCC2)Cc2cncn21. The monoisotopic (exact) mass is 292 g/mol. The third kappa shape index (κ3) is 3.27. The molecule has 1 aromatic heterocycles. The Morgan fingerprint density at radius 2 is 2.29 bits per heavy atom. The molecule has 1 saturated carbocycles. The third-order valence-electron chi connectivity index (χ3n) is 4.60. The average molecular weight is 292 g/mol. The number of nitrogens with zero attached hydrogens (tertiary/aromatic N) is 3. The van der Waals surface area contributed by atoms with Gasteiger partial charge in [0.15, 0.2) is 0 Å². The summed E-state index contributed by atoms with van der Waals surface area (Å²) in [6.07, 6.45) is 9.12. The Labute approximate surface area is 125 Å². The number of fused-ring (bicyclic) bond motifs is 1. The number of hydrogen-bond donors (Lipinski definition) is 1. The van der Waals surface area contributed by atoms with Crippen molar-refractivity contribution in [2.24, 2.45) is 0 Å². The van der Waals surface area contributed by atoms with E-state index in [0.717, 1.165) is 13.1 Å². The van der Waals surface area contributed by atoms with Gasteiger partial charge in [0.1, 0.15) is 6.61 Å². The molecule has 0 radical (unpaired) electrons. The number of rotatable bonds is 5. The molecule has 1 aliphatic heterocycles. The molecule has 0 unspecified atom stereocenters. The van der Waals surface area contributed by atoms with E-state index in [4.69, 9.17) is 4.74 Å². The van der Waals surface area contributed by atoms with E-state index in [-0.39, 0.29) is 18.6 Å². The first-order valence-electron chi connectivity index (χ1n) is 7.78. The predicted octanol–water partition coefficient (Wildman–Crippen LogP) is 0.945. The van der Waals surface area contributed by atoms with Gasteiger partial charge in [-0.3, -0.25) is 9.69 Å². The molecule has 1 fully saturated rings. The van der Waals surface area contributed by atoms with Crippen molar-refractivity contribution in [3.05, 3.63) is 18.2 Å². The van der Waals surface area contributed by atoms with Crippen LogP contribution in [0.2, 0.25) is 0 Å². The fourth-order valence-electron chi connectivity index (χ4n) is 3.54. The maximum absolute atomic E-state index is 11.6. The van der Waals surface area contributed by atoms with E-state index >= 15 is 0 Å². The Bertz CT molecular complexity index is 482. The zero-order valence-electron chi connectivity index (χ0n) is 12.6. The lowest BCUT2D eigenvalue weighted by atomic mass is 10.1. The highest BCUT2D eigenvalue weighted by atomic mass is 16.5. The second-order valence-corrected chi connectivity index (χ2v) is 6.05. The van der Waals surface area contributed by atoms with Crippen molar-refractivity contribution in [2.75, 3.05) is 26.8 Å². The van der Waals surface area contributed by atoms with Crippen molar-refractivity contribution in [1.82, 2.24) is 19.8 Å². The lowest BCUT2D eigenvalue weighted by Crippen LogP contribution is -2.46. The van der Waals surface area contributed by atoms with Gasteiger partial charge in [-0.05, 0) is 12.8 Å². The smallest absolute Gasteiger partial charge is 0.246 e. The van der Waals surface area contributed by atoms with Crippen LogP contribution < -0.4 is 5.32 Å². The first kappa shape index (κ1) is 14.5. The van der Waals surface area contributed by atoms with Crippen molar-refractivity contribution in [3.63, 3.8) is 0 Å². The minimum atomic E-state index is -0.0582. The molecule has 0 saturated heterocycles. The molecule has 6 heteroatoms. The van der Waals surface area contributed by atoms with Crippen LogP contribution in [0.25, 0.3) is 0 Å². The molecule has 1 N–H and O–H groups in total. The van der Waals surface area contributed by atoms with Gasteiger partial charge in [0.2, 0.25) is 5.91 Å². The lowest BCUT2D eigenvalue weighted by Gasteiger charge is -2.38. The molecule has 1 aliphatic carbocycles. The molecular formula is C15H24N4O2. The number of hydrogen-bond acceptors (Lipinski definition) is 4. The number of imidazole rings is 1. The van der Waals surface area contributed by atoms with Crippen LogP contribution in [0.1, 0.15) is 37.4 Å². The van der Waals surface area contributed by atoms with Gasteiger partial charge in [0, 0.05) is 39.0 Å². The maximum Gasteiger partial charge on any atom is 0.246 e. The van der Waals surface area contributed by atoms with Crippen LogP contribution in [0.3, 0.4) is 0 Å². The molecule has 1 aromatic rings. The number of carbonyl (C=O) groups is 1. The van der Waals surface area contributed by atoms with E-state index in [1.807, 2.05) is 12.5 Å². The molecule has 0 aromatic carbocycles. The van der Waals surface area contributed by atoms with Gasteiger partial charge in [-0.2, -0.15) is 0 Å². The Morgan fingerprint density at radius 3 is 3.05 bits per heavy atom. The number of amides is 1. The van der Waals surface area contributed by atoms with Crippen molar-refractivity contribution in [2.45, 2.75) is 44.3 Å². The van der Waals surface area contributed by atoms with Crippen LogP contribution in [0.5, 0.6) is 0 Å². The van der Waals surface area contributed by atoms with Gasteiger partial charge in [0.05, 0.1) is 18.1 Å². The van der Waals surface area contributed by atoms with E-state index in [1.54, 1.807) is 0 Å². The Hall–Kier alpha value is -1.40. The summed E-state index contributed by atoms with van der Waals surface area (Å²) in [4.78, 5) is 18.4. The number of methoxy groups -OCH3 is 1. The van der Waals surface area contributed by atoms with E-state index in [2.05, 4.69) is 19.8 Å². The lowest BCUT2D eigenvalue weighted by molar-refractivity contribution is -0.124. The van der Waals surface area contributed by atoms with E-state index in [1.165, 1.54) is 38.5 Å². The highest BCUT2D eigenvalue weighted by Gasteiger charge is 2.30. The van der Waals surface area contributed by atoms with Gasteiger partial charge in [-0.1, -0.05) is 12.8 Å². The molecule has 2 aliphatic rings. The molecule has 1 atom stereocenters. The van der Waals surface area contributed by atoms with Gasteiger partial charge < -0.3 is 14.6 Å². The summed E-state index contributed by atoms with van der Waals surface area (Å²) in [6.45, 7) is 2.72. The quantitative estimate of drug-likeness (QED) is 0.877. The normalized spacial score (nSPS) is 23.2. The fourth-order valence-corrected chi connectivity index (χ4v) is 3.54. The van der Waals surface area contributed by atoms with Gasteiger partial charge >= 0.3 is 0 Å². The van der Waals surface area contributed by atoms with Crippen LogP contribution in [0.4, 0.5) is 0 Å². The summed E-state index contributed by atoms with van der Waals surface area (Å²) < 4.78 is 7.07. The molecule has 0 bridgehead atoms. The van der Waals surface area contributed by atoms with Gasteiger partial charge in [0.25, 0.3) is 0 Å². The molecule has 6 nitrogen and oxygen atoms in total. The number of nitrogens with one attached hydrogen (secondary N) is 1. The van der Waals surface area contributed by atoms with Crippen molar-refractivity contribution in [1.29, 1.82) is 0 Å². The molecule has 3 rings (SSSR count). The van der Waals surface area contributed by atoms with Gasteiger partial charge in [-0.25, -0.2) is 4.98 Å². The molecule has 2 heterocycles. The minimum Gasteiger partial charge on any atom is -0.375 e. The molecule has 1 amide bonds. The Balaban J connectivity index is 1.65. The van der Waals surface area contributed by atoms with E-state index in [0.29, 0.717) is 12.6 Å². The summed E-state index contributed by atoms with van der Waals surface area (Å²) in [5.41, 5.74) is 1.25. The summed E-state index contributed by atoms with van der Waals surface area (Å²) >= 11 is 0. The Morgan fingerprint density at radius 1 is 1.48 bits per heavy atom. The largest absolute Gasteiger partial charge is 0.375 e. The number of carbonyl (C=O) groups excluding carboxylic acids is 1. The molecule has 21 heavy (non-hydrogen) atoms. The van der Waals surface area contributed by atoms with Crippen LogP contribution in [0, 0.1) is 0 Å². The van der Waals surface area contributed by atoms with Crippen LogP contribution in [0.15, 0.2) is 12.5 Å². The molecule has 116 valence electrons. The predicted molar refractivity (Wildman–Crippen MR) is 78.8 cm³/mol. The molecule has 0 spiro atoms. The van der Waals surface area contributed by atoms with Gasteiger partial charge in [-0.15, -0.1) is 0 Å². The summed E-state index contributed by atoms with van der Waals surface area (Å²) in [5.74, 6) is -0.0582. The first-order chi connectivity index (χ1) is 10.3. The second kappa shape index (κ2) is 6.58. The summed E-state index contributed by atoms with van der Waals surface area (Å²) in [7, 11) is 1.54. The fraction of sp³-hybridized carbons (Fsp3) is 0.733. The highest BCUT2D eigenvalue weighted by Crippen LogP contribution is 2.29. The second-order valence-electron chi connectivity index (χ2n) is 6.05. The van der Waals surface area contributed by atoms with Crippen LogP contribution in [-0.4, -0.2) is 53.2 Å². The topological polar surface area (TPSA) is 59.4 Å². The summed E-state index contributed by atoms with van der Waals surface area (Å²) in [5, 5.41) is 2.96. The van der Waals surface area contributed by atoms with E-state index < -0.39 is 0 Å². The van der Waals surface area contributed by atoms with Crippen LogP contribution >= 0.6 is 0 Å². The number of aromatic nitrogens is 2. The standard InChI is InChI=1S/C15H24N4O2/c1-21-10-15(20)17-7-14-9-18(12-4-2-3-5-12)8-13-6-16-11-19(13)14/h6,11-12,14H,2-5,7-10H2,1H3,(H,17,20)/t14-/m0/s1. The van der Waals surface area contributed by atoms with Crippen molar-refractivity contribution < 1.29 is 9.53 Å². The summed E-state index contributed by atoms with van der Waals surface area (Å²) in [6, 6.07) is 0.962.